The Morgan fingerprint density at radius 3 is 2.59 bits per heavy atom. The smallest absolute Gasteiger partial charge is 0.410 e. The molecule has 3 heterocycles. The molecular formula is C23H32N4O2. The van der Waals surface area contributed by atoms with Gasteiger partial charge in [0, 0.05) is 38.0 Å². The lowest BCUT2D eigenvalue weighted by molar-refractivity contribution is 0.0142. The molecule has 29 heavy (non-hydrogen) atoms. The number of aromatic nitrogens is 2. The number of nitrogens with one attached hydrogen (secondary N) is 1. The first kappa shape index (κ1) is 20.0. The molecule has 1 N–H and O–H groups in total. The highest BCUT2D eigenvalue weighted by molar-refractivity contribution is 5.70. The summed E-state index contributed by atoms with van der Waals surface area (Å²) in [7, 11) is 0. The Morgan fingerprint density at radius 1 is 1.21 bits per heavy atom. The van der Waals surface area contributed by atoms with Gasteiger partial charge in [-0.15, -0.1) is 0 Å². The van der Waals surface area contributed by atoms with Gasteiger partial charge in [0.1, 0.15) is 5.60 Å². The summed E-state index contributed by atoms with van der Waals surface area (Å²) in [5, 5.41) is 8.45. The summed E-state index contributed by atoms with van der Waals surface area (Å²) in [4.78, 5) is 14.7. The van der Waals surface area contributed by atoms with Crippen molar-refractivity contribution in [3.63, 3.8) is 0 Å². The van der Waals surface area contributed by atoms with Gasteiger partial charge in [0.2, 0.25) is 0 Å². The Balaban J connectivity index is 1.71. The van der Waals surface area contributed by atoms with Crippen LogP contribution in [0.1, 0.15) is 69.1 Å². The van der Waals surface area contributed by atoms with Gasteiger partial charge in [0.05, 0.1) is 23.1 Å². The van der Waals surface area contributed by atoms with E-state index >= 15 is 0 Å². The lowest BCUT2D eigenvalue weighted by Gasteiger charge is -2.36. The Hall–Kier alpha value is -2.34. The van der Waals surface area contributed by atoms with Crippen molar-refractivity contribution in [3.05, 3.63) is 46.8 Å². The van der Waals surface area contributed by atoms with Crippen LogP contribution in [-0.4, -0.2) is 46.0 Å². The molecule has 156 valence electrons. The van der Waals surface area contributed by atoms with Crippen molar-refractivity contribution in [3.8, 4) is 5.69 Å². The number of benzene rings is 1. The van der Waals surface area contributed by atoms with E-state index in [1.54, 1.807) is 0 Å². The molecule has 2 aromatic rings. The molecule has 1 unspecified atom stereocenters. The van der Waals surface area contributed by atoms with E-state index in [1.807, 2.05) is 25.7 Å². The molecule has 0 saturated heterocycles. The van der Waals surface area contributed by atoms with E-state index in [9.17, 15) is 4.79 Å². The molecule has 0 saturated carbocycles. The maximum absolute atomic E-state index is 12.9. The Morgan fingerprint density at radius 2 is 1.93 bits per heavy atom. The lowest BCUT2D eigenvalue weighted by atomic mass is 9.96. The van der Waals surface area contributed by atoms with Crippen molar-refractivity contribution in [1.29, 1.82) is 0 Å². The number of amides is 1. The standard InChI is InChI=1S/C23H32N4O2/c1-15(2)16-6-8-17(9-7-16)27-19-11-13-26(22(28)29-23(3,4)5)20-14-24-12-10-18(25-27)21(19)20/h6-9,15,20,24H,10-14H2,1-5H3. The highest BCUT2D eigenvalue weighted by Gasteiger charge is 2.38. The van der Waals surface area contributed by atoms with E-state index in [4.69, 9.17) is 9.84 Å². The monoisotopic (exact) mass is 396 g/mol. The van der Waals surface area contributed by atoms with E-state index in [0.717, 1.165) is 37.3 Å². The van der Waals surface area contributed by atoms with E-state index < -0.39 is 5.60 Å². The second-order valence-electron chi connectivity index (χ2n) is 9.36. The molecule has 2 aliphatic heterocycles. The first-order valence-electron chi connectivity index (χ1n) is 10.7. The third kappa shape index (κ3) is 3.90. The number of nitrogens with zero attached hydrogens (tertiary/aromatic N) is 3. The molecular weight excluding hydrogens is 364 g/mol. The third-order valence-corrected chi connectivity index (χ3v) is 5.71. The van der Waals surface area contributed by atoms with Crippen molar-refractivity contribution in [2.45, 2.75) is 65.0 Å². The number of hydrogen-bond acceptors (Lipinski definition) is 4. The van der Waals surface area contributed by atoms with Gasteiger partial charge in [-0.25, -0.2) is 9.48 Å². The van der Waals surface area contributed by atoms with Crippen molar-refractivity contribution < 1.29 is 9.53 Å². The van der Waals surface area contributed by atoms with Crippen LogP contribution in [0.4, 0.5) is 4.79 Å². The van der Waals surface area contributed by atoms with Crippen molar-refractivity contribution in [2.24, 2.45) is 0 Å². The van der Waals surface area contributed by atoms with Crippen molar-refractivity contribution >= 4 is 6.09 Å². The van der Waals surface area contributed by atoms with E-state index in [2.05, 4.69) is 48.1 Å². The molecule has 0 aliphatic carbocycles. The second kappa shape index (κ2) is 7.48. The predicted molar refractivity (Wildman–Crippen MR) is 114 cm³/mol. The van der Waals surface area contributed by atoms with Crippen LogP contribution in [0.15, 0.2) is 24.3 Å². The fraction of sp³-hybridized carbons (Fsp3) is 0.565. The third-order valence-electron chi connectivity index (χ3n) is 5.71. The predicted octanol–water partition coefficient (Wildman–Crippen LogP) is 3.98. The van der Waals surface area contributed by atoms with E-state index in [0.29, 0.717) is 12.5 Å². The van der Waals surface area contributed by atoms with Gasteiger partial charge in [0.25, 0.3) is 0 Å². The summed E-state index contributed by atoms with van der Waals surface area (Å²) in [6.45, 7) is 12.4. The lowest BCUT2D eigenvalue weighted by Crippen LogP contribution is -2.46. The fourth-order valence-corrected chi connectivity index (χ4v) is 4.27. The molecule has 1 aromatic heterocycles. The summed E-state index contributed by atoms with van der Waals surface area (Å²) in [5.41, 5.74) is 5.45. The van der Waals surface area contributed by atoms with Gasteiger partial charge in [-0.1, -0.05) is 26.0 Å². The number of carbonyl (C=O) groups is 1. The van der Waals surface area contributed by atoms with Gasteiger partial charge < -0.3 is 10.1 Å². The zero-order valence-electron chi connectivity index (χ0n) is 18.2. The highest BCUT2D eigenvalue weighted by atomic mass is 16.6. The Kier molecular flexibility index (Phi) is 5.15. The average molecular weight is 397 g/mol. The van der Waals surface area contributed by atoms with Crippen LogP contribution in [0.2, 0.25) is 0 Å². The topological polar surface area (TPSA) is 59.4 Å². The molecule has 0 radical (unpaired) electrons. The summed E-state index contributed by atoms with van der Waals surface area (Å²) >= 11 is 0. The highest BCUT2D eigenvalue weighted by Crippen LogP contribution is 2.36. The molecule has 2 aliphatic rings. The Labute approximate surface area is 173 Å². The molecule has 0 bridgehead atoms. The molecule has 0 fully saturated rings. The maximum Gasteiger partial charge on any atom is 0.410 e. The molecule has 1 amide bonds. The fourth-order valence-electron chi connectivity index (χ4n) is 4.27. The van der Waals surface area contributed by atoms with Gasteiger partial charge in [-0.3, -0.25) is 4.90 Å². The van der Waals surface area contributed by atoms with Crippen LogP contribution in [0.5, 0.6) is 0 Å². The van der Waals surface area contributed by atoms with E-state index in [-0.39, 0.29) is 12.1 Å². The summed E-state index contributed by atoms with van der Waals surface area (Å²) in [6.07, 6.45) is 1.42. The first-order chi connectivity index (χ1) is 13.7. The van der Waals surface area contributed by atoms with Crippen molar-refractivity contribution in [2.75, 3.05) is 19.6 Å². The summed E-state index contributed by atoms with van der Waals surface area (Å²) in [6, 6.07) is 8.66. The van der Waals surface area contributed by atoms with Crippen LogP contribution in [-0.2, 0) is 17.6 Å². The first-order valence-corrected chi connectivity index (χ1v) is 10.7. The van der Waals surface area contributed by atoms with Crippen molar-refractivity contribution in [1.82, 2.24) is 20.0 Å². The Bertz CT molecular complexity index is 893. The minimum Gasteiger partial charge on any atom is -0.444 e. The minimum atomic E-state index is -0.499. The molecule has 6 nitrogen and oxygen atoms in total. The van der Waals surface area contributed by atoms with Crippen LogP contribution >= 0.6 is 0 Å². The summed E-state index contributed by atoms with van der Waals surface area (Å²) in [5.74, 6) is 0.509. The van der Waals surface area contributed by atoms with Gasteiger partial charge in [-0.05, 0) is 44.4 Å². The van der Waals surface area contributed by atoms with Crippen LogP contribution in [0.3, 0.4) is 0 Å². The molecule has 4 rings (SSSR count). The van der Waals surface area contributed by atoms with Gasteiger partial charge >= 0.3 is 6.09 Å². The SMILES string of the molecule is CC(C)c1ccc(-n2nc3c4c2CCN(C(=O)OC(C)(C)C)C4CNCC3)cc1. The van der Waals surface area contributed by atoms with Gasteiger partial charge in [0.15, 0.2) is 0 Å². The normalized spacial score (nSPS) is 19.1. The molecule has 0 spiro atoms. The second-order valence-corrected chi connectivity index (χ2v) is 9.36. The van der Waals surface area contributed by atoms with Gasteiger partial charge in [-0.2, -0.15) is 5.10 Å². The average Bonchev–Trinajstić information content (AvgIpc) is 2.89. The number of carbonyl (C=O) groups excluding carboxylic acids is 1. The quantitative estimate of drug-likeness (QED) is 0.834. The van der Waals surface area contributed by atoms with Crippen LogP contribution < -0.4 is 5.32 Å². The minimum absolute atomic E-state index is 0.0326. The molecule has 6 heteroatoms. The number of ether oxygens (including phenoxy) is 1. The summed E-state index contributed by atoms with van der Waals surface area (Å²) < 4.78 is 7.78. The largest absolute Gasteiger partial charge is 0.444 e. The molecule has 1 atom stereocenters. The van der Waals surface area contributed by atoms with Crippen LogP contribution in [0.25, 0.3) is 5.69 Å². The zero-order chi connectivity index (χ0) is 20.8. The van der Waals surface area contributed by atoms with E-state index in [1.165, 1.54) is 16.8 Å². The maximum atomic E-state index is 12.9. The number of hydrogen-bond donors (Lipinski definition) is 1. The zero-order valence-corrected chi connectivity index (χ0v) is 18.2. The van der Waals surface area contributed by atoms with Crippen LogP contribution in [0, 0.1) is 0 Å². The molecule has 1 aromatic carbocycles. The number of rotatable bonds is 2.